The molecule has 0 aromatic rings. The van der Waals surface area contributed by atoms with Gasteiger partial charge >= 0.3 is 5.97 Å². The van der Waals surface area contributed by atoms with Crippen LogP contribution in [-0.2, 0) is 9.53 Å². The molecule has 108 valence electrons. The number of unbranched alkanes of at least 4 members (excludes halogenated alkanes) is 3. The van der Waals surface area contributed by atoms with Crippen LogP contribution in [0.3, 0.4) is 0 Å². The van der Waals surface area contributed by atoms with Gasteiger partial charge in [-0.05, 0) is 37.6 Å². The summed E-state index contributed by atoms with van der Waals surface area (Å²) in [7, 11) is 0. The van der Waals surface area contributed by atoms with E-state index in [4.69, 9.17) is 10.5 Å². The second-order valence-corrected chi connectivity index (χ2v) is 5.40. The fourth-order valence-corrected chi connectivity index (χ4v) is 2.12. The van der Waals surface area contributed by atoms with E-state index < -0.39 is 0 Å². The van der Waals surface area contributed by atoms with Crippen molar-refractivity contribution in [2.24, 2.45) is 17.6 Å². The van der Waals surface area contributed by atoms with E-state index in [1.54, 1.807) is 0 Å². The largest absolute Gasteiger partial charge is 0.466 e. The smallest absolute Gasteiger partial charge is 0.305 e. The normalized spacial score (nSPS) is 12.7. The van der Waals surface area contributed by atoms with Crippen LogP contribution in [0.25, 0.3) is 0 Å². The van der Waals surface area contributed by atoms with Crippen LogP contribution in [0.1, 0.15) is 65.7 Å². The molecule has 3 nitrogen and oxygen atoms in total. The minimum absolute atomic E-state index is 0.0471. The van der Waals surface area contributed by atoms with Gasteiger partial charge < -0.3 is 10.5 Å². The lowest BCUT2D eigenvalue weighted by Crippen LogP contribution is -2.16. The summed E-state index contributed by atoms with van der Waals surface area (Å²) in [4.78, 5) is 11.6. The van der Waals surface area contributed by atoms with Gasteiger partial charge in [-0.2, -0.15) is 0 Å². The highest BCUT2D eigenvalue weighted by molar-refractivity contribution is 5.69. The Kier molecular flexibility index (Phi) is 11.2. The number of carbonyl (C=O) groups is 1. The van der Waals surface area contributed by atoms with Crippen molar-refractivity contribution in [3.05, 3.63) is 0 Å². The Labute approximate surface area is 112 Å². The molecule has 18 heavy (non-hydrogen) atoms. The summed E-state index contributed by atoms with van der Waals surface area (Å²) < 4.78 is 5.23. The standard InChI is InChI=1S/C15H31NO2/c1-4-5-6-7-12-18-15(17)9-8-14(10-11-16)13(2)3/h13-14H,4-12,16H2,1-3H3. The van der Waals surface area contributed by atoms with E-state index in [1.807, 2.05) is 0 Å². The molecule has 0 saturated heterocycles. The van der Waals surface area contributed by atoms with Gasteiger partial charge in [0.25, 0.3) is 0 Å². The van der Waals surface area contributed by atoms with E-state index in [9.17, 15) is 4.79 Å². The number of hydrogen-bond donors (Lipinski definition) is 1. The summed E-state index contributed by atoms with van der Waals surface area (Å²) >= 11 is 0. The maximum Gasteiger partial charge on any atom is 0.305 e. The van der Waals surface area contributed by atoms with E-state index in [2.05, 4.69) is 20.8 Å². The van der Waals surface area contributed by atoms with Gasteiger partial charge in [0.1, 0.15) is 0 Å². The number of nitrogens with two attached hydrogens (primary N) is 1. The number of esters is 1. The molecule has 0 bridgehead atoms. The Morgan fingerprint density at radius 3 is 2.44 bits per heavy atom. The first kappa shape index (κ1) is 17.4. The fraction of sp³-hybridized carbons (Fsp3) is 0.933. The highest BCUT2D eigenvalue weighted by atomic mass is 16.5. The second kappa shape index (κ2) is 11.5. The molecule has 0 fully saturated rings. The Bertz CT molecular complexity index is 205. The Morgan fingerprint density at radius 1 is 1.17 bits per heavy atom. The first-order chi connectivity index (χ1) is 8.61. The third kappa shape index (κ3) is 9.46. The molecule has 0 aliphatic rings. The summed E-state index contributed by atoms with van der Waals surface area (Å²) in [6.45, 7) is 7.85. The average Bonchev–Trinajstić information content (AvgIpc) is 2.33. The number of ether oxygens (including phenoxy) is 1. The van der Waals surface area contributed by atoms with Crippen LogP contribution >= 0.6 is 0 Å². The van der Waals surface area contributed by atoms with Crippen LogP contribution in [0.2, 0.25) is 0 Å². The number of rotatable bonds is 11. The van der Waals surface area contributed by atoms with Crippen LogP contribution < -0.4 is 5.73 Å². The molecule has 0 rings (SSSR count). The summed E-state index contributed by atoms with van der Waals surface area (Å²) in [5, 5.41) is 0. The first-order valence-corrected chi connectivity index (χ1v) is 7.47. The van der Waals surface area contributed by atoms with Crippen molar-refractivity contribution < 1.29 is 9.53 Å². The quantitative estimate of drug-likeness (QED) is 0.455. The number of hydrogen-bond acceptors (Lipinski definition) is 3. The van der Waals surface area contributed by atoms with Gasteiger partial charge in [-0.15, -0.1) is 0 Å². The van der Waals surface area contributed by atoms with Gasteiger partial charge in [0, 0.05) is 6.42 Å². The summed E-state index contributed by atoms with van der Waals surface area (Å²) in [6.07, 6.45) is 7.04. The minimum atomic E-state index is -0.0471. The van der Waals surface area contributed by atoms with Crippen molar-refractivity contribution in [1.29, 1.82) is 0 Å². The van der Waals surface area contributed by atoms with Crippen LogP contribution in [0, 0.1) is 11.8 Å². The van der Waals surface area contributed by atoms with Gasteiger partial charge in [-0.25, -0.2) is 0 Å². The summed E-state index contributed by atoms with van der Waals surface area (Å²) in [6, 6.07) is 0. The molecule has 1 atom stereocenters. The van der Waals surface area contributed by atoms with Crippen LogP contribution in [-0.4, -0.2) is 19.1 Å². The Morgan fingerprint density at radius 2 is 1.89 bits per heavy atom. The highest BCUT2D eigenvalue weighted by Gasteiger charge is 2.14. The maximum absolute atomic E-state index is 11.6. The van der Waals surface area contributed by atoms with Crippen molar-refractivity contribution in [3.63, 3.8) is 0 Å². The first-order valence-electron chi connectivity index (χ1n) is 7.47. The molecule has 0 aliphatic carbocycles. The molecule has 0 radical (unpaired) electrons. The minimum Gasteiger partial charge on any atom is -0.466 e. The molecule has 0 aliphatic heterocycles. The molecule has 3 heteroatoms. The zero-order valence-corrected chi connectivity index (χ0v) is 12.4. The lowest BCUT2D eigenvalue weighted by molar-refractivity contribution is -0.144. The topological polar surface area (TPSA) is 52.3 Å². The molecular weight excluding hydrogens is 226 g/mol. The van der Waals surface area contributed by atoms with Gasteiger partial charge in [-0.1, -0.05) is 40.0 Å². The predicted molar refractivity (Wildman–Crippen MR) is 76.3 cm³/mol. The van der Waals surface area contributed by atoms with Crippen molar-refractivity contribution in [3.8, 4) is 0 Å². The van der Waals surface area contributed by atoms with Crippen molar-refractivity contribution in [1.82, 2.24) is 0 Å². The zero-order valence-electron chi connectivity index (χ0n) is 12.4. The second-order valence-electron chi connectivity index (χ2n) is 5.40. The molecule has 0 aromatic heterocycles. The van der Waals surface area contributed by atoms with Crippen molar-refractivity contribution >= 4 is 5.97 Å². The Hall–Kier alpha value is -0.570. The molecule has 0 saturated carbocycles. The molecule has 2 N–H and O–H groups in total. The zero-order chi connectivity index (χ0) is 13.8. The van der Waals surface area contributed by atoms with E-state index in [1.165, 1.54) is 12.8 Å². The van der Waals surface area contributed by atoms with Gasteiger partial charge in [0.2, 0.25) is 0 Å². The van der Waals surface area contributed by atoms with E-state index in [-0.39, 0.29) is 5.97 Å². The van der Waals surface area contributed by atoms with Crippen LogP contribution in [0.4, 0.5) is 0 Å². The monoisotopic (exact) mass is 257 g/mol. The molecule has 0 spiro atoms. The average molecular weight is 257 g/mol. The summed E-state index contributed by atoms with van der Waals surface area (Å²) in [5.41, 5.74) is 5.58. The van der Waals surface area contributed by atoms with E-state index in [0.717, 1.165) is 25.7 Å². The molecule has 1 unspecified atom stereocenters. The molecule has 0 aromatic carbocycles. The van der Waals surface area contributed by atoms with Gasteiger partial charge in [0.05, 0.1) is 6.61 Å². The van der Waals surface area contributed by atoms with Crippen LogP contribution in [0.15, 0.2) is 0 Å². The van der Waals surface area contributed by atoms with E-state index in [0.29, 0.717) is 31.4 Å². The SMILES string of the molecule is CCCCCCOC(=O)CCC(CCN)C(C)C. The van der Waals surface area contributed by atoms with Crippen molar-refractivity contribution in [2.75, 3.05) is 13.2 Å². The third-order valence-corrected chi connectivity index (χ3v) is 3.46. The highest BCUT2D eigenvalue weighted by Crippen LogP contribution is 2.20. The maximum atomic E-state index is 11.6. The number of carbonyl (C=O) groups excluding carboxylic acids is 1. The summed E-state index contributed by atoms with van der Waals surface area (Å²) in [5.74, 6) is 1.09. The lowest BCUT2D eigenvalue weighted by atomic mass is 9.88. The molecule has 0 heterocycles. The lowest BCUT2D eigenvalue weighted by Gasteiger charge is -2.19. The fourth-order valence-electron chi connectivity index (χ4n) is 2.12. The van der Waals surface area contributed by atoms with Crippen LogP contribution in [0.5, 0.6) is 0 Å². The predicted octanol–water partition coefficient (Wildman–Crippen LogP) is 3.51. The van der Waals surface area contributed by atoms with E-state index >= 15 is 0 Å². The van der Waals surface area contributed by atoms with Crippen molar-refractivity contribution in [2.45, 2.75) is 65.7 Å². The molecule has 0 amide bonds. The third-order valence-electron chi connectivity index (χ3n) is 3.46. The van der Waals surface area contributed by atoms with Gasteiger partial charge in [0.15, 0.2) is 0 Å². The van der Waals surface area contributed by atoms with Gasteiger partial charge in [-0.3, -0.25) is 4.79 Å². The molecular formula is C15H31NO2. The Balaban J connectivity index is 3.61.